The monoisotopic (exact) mass is 172 g/mol. The summed E-state index contributed by atoms with van der Waals surface area (Å²) < 4.78 is 9.91. The fraction of sp³-hybridized carbons (Fsp3) is 0.889. The summed E-state index contributed by atoms with van der Waals surface area (Å²) in [5.74, 6) is 0.285. The average molecular weight is 172 g/mol. The van der Waals surface area contributed by atoms with E-state index in [1.54, 1.807) is 0 Å². The molecule has 0 aromatic carbocycles. The van der Waals surface area contributed by atoms with Crippen molar-refractivity contribution in [3.8, 4) is 0 Å². The molecule has 0 aliphatic heterocycles. The van der Waals surface area contributed by atoms with Crippen LogP contribution in [0.4, 0.5) is 0 Å². The molecule has 0 radical (unpaired) electrons. The molecule has 0 bridgehead atoms. The van der Waals surface area contributed by atoms with Crippen molar-refractivity contribution in [1.82, 2.24) is 0 Å². The highest BCUT2D eigenvalue weighted by atomic mass is 16.6. The van der Waals surface area contributed by atoms with Crippen molar-refractivity contribution in [2.45, 2.75) is 32.3 Å². The van der Waals surface area contributed by atoms with Crippen molar-refractivity contribution in [3.05, 3.63) is 0 Å². The lowest BCUT2D eigenvalue weighted by Gasteiger charge is -2.24. The number of hydrogen-bond acceptors (Lipinski definition) is 3. The molecule has 12 heavy (non-hydrogen) atoms. The summed E-state index contributed by atoms with van der Waals surface area (Å²) in [5.41, 5.74) is -0.296. The van der Waals surface area contributed by atoms with Gasteiger partial charge >= 0.3 is 5.97 Å². The molecule has 0 aromatic heterocycles. The van der Waals surface area contributed by atoms with E-state index >= 15 is 0 Å². The van der Waals surface area contributed by atoms with Gasteiger partial charge in [0.15, 0.2) is 0 Å². The topological polar surface area (TPSA) is 35.5 Å². The molecule has 70 valence electrons. The minimum Gasteiger partial charge on any atom is -0.458 e. The Bertz CT molecular complexity index is 171. The third kappa shape index (κ3) is 2.48. The number of carbonyl (C=O) groups excluding carboxylic acids is 1. The van der Waals surface area contributed by atoms with Gasteiger partial charge in [-0.05, 0) is 32.6 Å². The molecule has 1 aliphatic rings. The van der Waals surface area contributed by atoms with Crippen LogP contribution in [0.3, 0.4) is 0 Å². The van der Waals surface area contributed by atoms with Crippen molar-refractivity contribution < 1.29 is 14.3 Å². The van der Waals surface area contributed by atoms with Crippen molar-refractivity contribution in [3.63, 3.8) is 0 Å². The molecule has 3 nitrogen and oxygen atoms in total. The van der Waals surface area contributed by atoms with Crippen molar-refractivity contribution >= 4 is 5.97 Å². The zero-order chi connectivity index (χ0) is 9.19. The van der Waals surface area contributed by atoms with E-state index in [0.717, 1.165) is 0 Å². The SMILES string of the molecule is COCC(=O)OC(C)(C)C1CC1. The normalized spacial score (nSPS) is 17.6. The smallest absolute Gasteiger partial charge is 0.332 e. The lowest BCUT2D eigenvalue weighted by Crippen LogP contribution is -2.31. The van der Waals surface area contributed by atoms with E-state index in [2.05, 4.69) is 4.74 Å². The molecular formula is C9H16O3. The van der Waals surface area contributed by atoms with Crippen molar-refractivity contribution in [2.24, 2.45) is 5.92 Å². The van der Waals surface area contributed by atoms with Crippen LogP contribution in [0.5, 0.6) is 0 Å². The lowest BCUT2D eigenvalue weighted by molar-refractivity contribution is -0.162. The van der Waals surface area contributed by atoms with Crippen LogP contribution >= 0.6 is 0 Å². The summed E-state index contributed by atoms with van der Waals surface area (Å²) in [6, 6.07) is 0. The molecule has 0 atom stereocenters. The number of carbonyl (C=O) groups is 1. The summed E-state index contributed by atoms with van der Waals surface area (Å²) in [7, 11) is 1.49. The van der Waals surface area contributed by atoms with E-state index in [-0.39, 0.29) is 18.2 Å². The molecule has 1 aliphatic carbocycles. The third-order valence-corrected chi connectivity index (χ3v) is 2.20. The largest absolute Gasteiger partial charge is 0.458 e. The Hall–Kier alpha value is -0.570. The zero-order valence-electron chi connectivity index (χ0n) is 7.92. The zero-order valence-corrected chi connectivity index (χ0v) is 7.92. The summed E-state index contributed by atoms with van der Waals surface area (Å²) >= 11 is 0. The Labute approximate surface area is 73.0 Å². The second-order valence-corrected chi connectivity index (χ2v) is 3.78. The van der Waals surface area contributed by atoms with Gasteiger partial charge in [-0.2, -0.15) is 0 Å². The minimum absolute atomic E-state index is 0.0517. The van der Waals surface area contributed by atoms with Gasteiger partial charge in [-0.25, -0.2) is 4.79 Å². The average Bonchev–Trinajstić information content (AvgIpc) is 2.65. The van der Waals surface area contributed by atoms with Gasteiger partial charge in [0.25, 0.3) is 0 Å². The van der Waals surface area contributed by atoms with Crippen molar-refractivity contribution in [1.29, 1.82) is 0 Å². The summed E-state index contributed by atoms with van der Waals surface area (Å²) in [6.45, 7) is 3.96. The van der Waals surface area contributed by atoms with Gasteiger partial charge in [0.05, 0.1) is 0 Å². The van der Waals surface area contributed by atoms with Gasteiger partial charge in [0.1, 0.15) is 12.2 Å². The summed E-state index contributed by atoms with van der Waals surface area (Å²) in [6.07, 6.45) is 2.35. The molecule has 1 saturated carbocycles. The van der Waals surface area contributed by atoms with Crippen LogP contribution in [0.2, 0.25) is 0 Å². The van der Waals surface area contributed by atoms with E-state index in [1.807, 2.05) is 13.8 Å². The first-order valence-electron chi connectivity index (χ1n) is 4.27. The first-order valence-corrected chi connectivity index (χ1v) is 4.27. The molecule has 0 aromatic rings. The first-order chi connectivity index (χ1) is 5.56. The molecule has 1 fully saturated rings. The Morgan fingerprint density at radius 3 is 2.50 bits per heavy atom. The maximum absolute atomic E-state index is 11.0. The number of hydrogen-bond donors (Lipinski definition) is 0. The Morgan fingerprint density at radius 2 is 2.08 bits per heavy atom. The van der Waals surface area contributed by atoms with Gasteiger partial charge in [-0.1, -0.05) is 0 Å². The second kappa shape index (κ2) is 3.44. The van der Waals surface area contributed by atoms with Gasteiger partial charge < -0.3 is 9.47 Å². The predicted molar refractivity (Wildman–Crippen MR) is 44.8 cm³/mol. The van der Waals surface area contributed by atoms with Crippen LogP contribution < -0.4 is 0 Å². The van der Waals surface area contributed by atoms with E-state index in [9.17, 15) is 4.79 Å². The van der Waals surface area contributed by atoms with Crippen LogP contribution in [0.1, 0.15) is 26.7 Å². The molecule has 0 spiro atoms. The van der Waals surface area contributed by atoms with Crippen LogP contribution in [-0.2, 0) is 14.3 Å². The highest BCUT2D eigenvalue weighted by molar-refractivity contribution is 5.71. The Balaban J connectivity index is 2.32. The molecular weight excluding hydrogens is 156 g/mol. The van der Waals surface area contributed by atoms with Crippen molar-refractivity contribution in [2.75, 3.05) is 13.7 Å². The molecule has 0 unspecified atom stereocenters. The highest BCUT2D eigenvalue weighted by Crippen LogP contribution is 2.41. The maximum Gasteiger partial charge on any atom is 0.332 e. The quantitative estimate of drug-likeness (QED) is 0.601. The molecule has 0 heterocycles. The maximum atomic E-state index is 11.0. The van der Waals surface area contributed by atoms with E-state index in [4.69, 9.17) is 4.74 Å². The molecule has 0 N–H and O–H groups in total. The number of ether oxygens (including phenoxy) is 2. The van der Waals surface area contributed by atoms with Gasteiger partial charge in [-0.15, -0.1) is 0 Å². The summed E-state index contributed by atoms with van der Waals surface area (Å²) in [4.78, 5) is 11.0. The Morgan fingerprint density at radius 1 is 1.50 bits per heavy atom. The minimum atomic E-state index is -0.296. The molecule has 0 amide bonds. The van der Waals surface area contributed by atoms with Crippen LogP contribution in [0, 0.1) is 5.92 Å². The van der Waals surface area contributed by atoms with Gasteiger partial charge in [0.2, 0.25) is 0 Å². The number of rotatable bonds is 4. The second-order valence-electron chi connectivity index (χ2n) is 3.78. The van der Waals surface area contributed by atoms with Gasteiger partial charge in [0, 0.05) is 7.11 Å². The number of esters is 1. The fourth-order valence-electron chi connectivity index (χ4n) is 1.30. The molecule has 1 rings (SSSR count). The summed E-state index contributed by atoms with van der Waals surface area (Å²) in [5, 5.41) is 0. The van der Waals surface area contributed by atoms with E-state index in [1.165, 1.54) is 20.0 Å². The van der Waals surface area contributed by atoms with E-state index in [0.29, 0.717) is 5.92 Å². The Kier molecular flexibility index (Phi) is 2.73. The highest BCUT2D eigenvalue weighted by Gasteiger charge is 2.40. The molecule has 3 heteroatoms. The van der Waals surface area contributed by atoms with Crippen LogP contribution in [0.25, 0.3) is 0 Å². The third-order valence-electron chi connectivity index (χ3n) is 2.20. The fourth-order valence-corrected chi connectivity index (χ4v) is 1.30. The van der Waals surface area contributed by atoms with Gasteiger partial charge in [-0.3, -0.25) is 0 Å². The van der Waals surface area contributed by atoms with Crippen LogP contribution in [-0.4, -0.2) is 25.3 Å². The first kappa shape index (κ1) is 9.52. The lowest BCUT2D eigenvalue weighted by atomic mass is 10.0. The molecule has 0 saturated heterocycles. The predicted octanol–water partition coefficient (Wildman–Crippen LogP) is 1.36. The van der Waals surface area contributed by atoms with Crippen LogP contribution in [0.15, 0.2) is 0 Å². The standard InChI is InChI=1S/C9H16O3/c1-9(2,7-4-5-7)12-8(10)6-11-3/h7H,4-6H2,1-3H3. The van der Waals surface area contributed by atoms with E-state index < -0.39 is 0 Å². The number of methoxy groups -OCH3 is 1.